The van der Waals surface area contributed by atoms with Gasteiger partial charge in [0.25, 0.3) is 0 Å². The van der Waals surface area contributed by atoms with Gasteiger partial charge in [0.05, 0.1) is 0 Å². The average molecular weight is 589 g/mol. The van der Waals surface area contributed by atoms with Gasteiger partial charge in [0.15, 0.2) is 18.8 Å². The van der Waals surface area contributed by atoms with Crippen molar-refractivity contribution in [2.75, 3.05) is 13.2 Å². The first-order chi connectivity index (χ1) is 19.9. The lowest BCUT2D eigenvalue weighted by Crippen LogP contribution is -2.63. The second-order valence-electron chi connectivity index (χ2n) is 9.34. The molecule has 1 heterocycles. The molecule has 3 rings (SSSR count). The number of carbonyl (C=O) groups is 5. The number of esters is 4. The third-order valence-electron chi connectivity index (χ3n) is 5.79. The molecule has 0 radical (unpaired) electrons. The summed E-state index contributed by atoms with van der Waals surface area (Å²) in [7, 11) is 0. The molecule has 0 saturated carbocycles. The normalized spacial score (nSPS) is 21.4. The van der Waals surface area contributed by atoms with Gasteiger partial charge in [-0.2, -0.15) is 0 Å². The summed E-state index contributed by atoms with van der Waals surface area (Å²) < 4.78 is 38.5. The maximum Gasteiger partial charge on any atom is 0.341 e. The van der Waals surface area contributed by atoms with Crippen molar-refractivity contribution in [3.8, 4) is 11.5 Å². The first kappa shape index (κ1) is 31.9. The number of carboxylic acids is 1. The molecule has 226 valence electrons. The van der Waals surface area contributed by atoms with Crippen LogP contribution in [0, 0.1) is 0 Å². The lowest BCUT2D eigenvalue weighted by molar-refractivity contribution is -0.288. The van der Waals surface area contributed by atoms with Gasteiger partial charge in [0, 0.05) is 27.7 Å². The maximum atomic E-state index is 12.0. The van der Waals surface area contributed by atoms with Crippen LogP contribution in [0.15, 0.2) is 48.5 Å². The van der Waals surface area contributed by atoms with Gasteiger partial charge in [0.2, 0.25) is 12.4 Å². The van der Waals surface area contributed by atoms with E-state index in [2.05, 4.69) is 0 Å². The molecule has 0 spiro atoms. The number of benzene rings is 2. The number of carbonyl (C=O) groups excluding carboxylic acids is 4. The van der Waals surface area contributed by atoms with Crippen molar-refractivity contribution in [2.45, 2.75) is 64.8 Å². The molecular formula is C29H32O13. The van der Waals surface area contributed by atoms with E-state index in [-0.39, 0.29) is 6.61 Å². The van der Waals surface area contributed by atoms with E-state index in [4.69, 9.17) is 38.3 Å². The third kappa shape index (κ3) is 9.77. The van der Waals surface area contributed by atoms with Crippen molar-refractivity contribution in [1.29, 1.82) is 0 Å². The molecule has 42 heavy (non-hydrogen) atoms. The zero-order chi connectivity index (χ0) is 30.8. The molecule has 1 saturated heterocycles. The van der Waals surface area contributed by atoms with Crippen LogP contribution in [-0.4, -0.2) is 78.9 Å². The van der Waals surface area contributed by atoms with E-state index in [1.165, 1.54) is 6.92 Å². The fraction of sp³-hybridized carbons (Fsp3) is 0.414. The highest BCUT2D eigenvalue weighted by Crippen LogP contribution is 2.31. The van der Waals surface area contributed by atoms with Crippen LogP contribution in [0.5, 0.6) is 11.5 Å². The van der Waals surface area contributed by atoms with Crippen LogP contribution in [0.1, 0.15) is 38.8 Å². The zero-order valence-corrected chi connectivity index (χ0v) is 23.5. The number of hydrogen-bond donors (Lipinski definition) is 1. The van der Waals surface area contributed by atoms with Gasteiger partial charge in [-0.1, -0.05) is 24.3 Å². The molecule has 1 aliphatic rings. The molecule has 1 aliphatic heterocycles. The summed E-state index contributed by atoms with van der Waals surface area (Å²) in [6.07, 6.45) is -6.00. The predicted octanol–water partition coefficient (Wildman–Crippen LogP) is 2.20. The average Bonchev–Trinajstić information content (AvgIpc) is 2.90. The summed E-state index contributed by atoms with van der Waals surface area (Å²) in [5, 5.41) is 8.76. The highest BCUT2D eigenvalue weighted by Gasteiger charge is 2.53. The molecule has 13 heteroatoms. The molecule has 0 aliphatic carbocycles. The van der Waals surface area contributed by atoms with Gasteiger partial charge in [0.1, 0.15) is 24.2 Å². The third-order valence-corrected chi connectivity index (χ3v) is 5.79. The van der Waals surface area contributed by atoms with Crippen LogP contribution >= 0.6 is 0 Å². The predicted molar refractivity (Wildman–Crippen MR) is 141 cm³/mol. The van der Waals surface area contributed by atoms with E-state index in [9.17, 15) is 24.0 Å². The van der Waals surface area contributed by atoms with Crippen LogP contribution in [0.25, 0.3) is 0 Å². The molecule has 1 fully saturated rings. The maximum absolute atomic E-state index is 12.0. The first-order valence-electron chi connectivity index (χ1n) is 12.9. The van der Waals surface area contributed by atoms with E-state index in [1.54, 1.807) is 42.5 Å². The van der Waals surface area contributed by atoms with Crippen molar-refractivity contribution in [2.24, 2.45) is 0 Å². The minimum atomic E-state index is -1.36. The molecule has 0 aromatic heterocycles. The van der Waals surface area contributed by atoms with Gasteiger partial charge >= 0.3 is 29.8 Å². The van der Waals surface area contributed by atoms with E-state index in [1.807, 2.05) is 6.07 Å². The summed E-state index contributed by atoms with van der Waals surface area (Å²) in [6.45, 7) is 3.79. The number of aliphatic carboxylic acids is 1. The molecule has 0 bridgehead atoms. The number of rotatable bonds is 12. The molecule has 2 aromatic rings. The molecule has 0 amide bonds. The van der Waals surface area contributed by atoms with Crippen LogP contribution in [0.2, 0.25) is 0 Å². The van der Waals surface area contributed by atoms with Gasteiger partial charge in [-0.15, -0.1) is 0 Å². The largest absolute Gasteiger partial charge is 0.482 e. The number of ether oxygens (including phenoxy) is 7. The van der Waals surface area contributed by atoms with Crippen molar-refractivity contribution < 1.29 is 62.2 Å². The van der Waals surface area contributed by atoms with E-state index in [0.29, 0.717) is 17.9 Å². The fourth-order valence-electron chi connectivity index (χ4n) is 4.23. The summed E-state index contributed by atoms with van der Waals surface area (Å²) in [4.78, 5) is 58.2. The van der Waals surface area contributed by atoms with Gasteiger partial charge < -0.3 is 38.3 Å². The Morgan fingerprint density at radius 1 is 0.738 bits per heavy atom. The van der Waals surface area contributed by atoms with Crippen molar-refractivity contribution in [1.82, 2.24) is 0 Å². The fourth-order valence-corrected chi connectivity index (χ4v) is 4.23. The van der Waals surface area contributed by atoms with E-state index >= 15 is 0 Å². The number of carboxylic acid groups (broad SMARTS) is 1. The van der Waals surface area contributed by atoms with Gasteiger partial charge in [-0.05, 0) is 41.8 Å². The Morgan fingerprint density at radius 3 is 1.95 bits per heavy atom. The monoisotopic (exact) mass is 588 g/mol. The van der Waals surface area contributed by atoms with Gasteiger partial charge in [-0.25, -0.2) is 4.79 Å². The summed E-state index contributed by atoms with van der Waals surface area (Å²) in [5.41, 5.74) is 1.74. The Hall–Kier alpha value is -4.65. The summed E-state index contributed by atoms with van der Waals surface area (Å²) in [5.74, 6) is -3.19. The lowest BCUT2D eigenvalue weighted by atomic mass is 9.98. The number of hydrogen-bond acceptors (Lipinski definition) is 12. The van der Waals surface area contributed by atoms with Crippen LogP contribution in [0.3, 0.4) is 0 Å². The Labute approximate surface area is 241 Å². The highest BCUT2D eigenvalue weighted by molar-refractivity contribution is 5.69. The Kier molecular flexibility index (Phi) is 11.3. The standard InChI is InChI=1S/C29H32O13/c1-16(30)36-14-24-26(38-17(2)31)27(39-18(3)32)28(40-19(4)33)29(42-24)41-23-7-5-6-21(13-23)12-20-8-10-22(11-9-20)37-15-25(34)35/h5-11,13,24,26-29H,12,14-15H2,1-4H3,(H,34,35)/t24-,26-,27+,28+,29+/m1/s1. The second-order valence-corrected chi connectivity index (χ2v) is 9.34. The molecule has 2 aromatic carbocycles. The van der Waals surface area contributed by atoms with Gasteiger partial charge in [-0.3, -0.25) is 19.2 Å². The summed E-state index contributed by atoms with van der Waals surface area (Å²) >= 11 is 0. The SMILES string of the molecule is CC(=O)OC[C@H]1O[C@H](Oc2cccc(Cc3ccc(OCC(=O)O)cc3)c2)[C@@H](OC(C)=O)[C@@H](OC(C)=O)[C@@H]1OC(C)=O. The minimum Gasteiger partial charge on any atom is -0.482 e. The molecule has 13 nitrogen and oxygen atoms in total. The van der Waals surface area contributed by atoms with Crippen LogP contribution in [-0.2, 0) is 54.1 Å². The van der Waals surface area contributed by atoms with Crippen molar-refractivity contribution >= 4 is 29.8 Å². The molecular weight excluding hydrogens is 556 g/mol. The van der Waals surface area contributed by atoms with Crippen molar-refractivity contribution in [3.05, 3.63) is 59.7 Å². The smallest absolute Gasteiger partial charge is 0.341 e. The second kappa shape index (κ2) is 14.8. The first-order valence-corrected chi connectivity index (χ1v) is 12.9. The molecule has 1 N–H and O–H groups in total. The Bertz CT molecular complexity index is 1270. The topological polar surface area (TPSA) is 170 Å². The lowest BCUT2D eigenvalue weighted by Gasteiger charge is -2.43. The molecule has 5 atom stereocenters. The van der Waals surface area contributed by atoms with E-state index in [0.717, 1.165) is 31.9 Å². The Morgan fingerprint density at radius 2 is 1.36 bits per heavy atom. The zero-order valence-electron chi connectivity index (χ0n) is 23.5. The van der Waals surface area contributed by atoms with E-state index < -0.39 is 67.2 Å². The quantitative estimate of drug-likeness (QED) is 0.283. The van der Waals surface area contributed by atoms with Crippen molar-refractivity contribution in [3.63, 3.8) is 0 Å². The molecule has 0 unspecified atom stereocenters. The van der Waals surface area contributed by atoms with Crippen LogP contribution < -0.4 is 9.47 Å². The minimum absolute atomic E-state index is 0.315. The Balaban J connectivity index is 1.86. The van der Waals surface area contributed by atoms with Crippen LogP contribution in [0.4, 0.5) is 0 Å². The highest BCUT2D eigenvalue weighted by atomic mass is 16.7. The summed E-state index contributed by atoms with van der Waals surface area (Å²) in [6, 6.07) is 13.9.